The number of non-ortho nitro benzene ring substituents is 2. The van der Waals surface area contributed by atoms with Gasteiger partial charge in [0.1, 0.15) is 29.9 Å². The van der Waals surface area contributed by atoms with Crippen LogP contribution in [-0.2, 0) is 25.7 Å². The predicted molar refractivity (Wildman–Crippen MR) is 261 cm³/mol. The lowest BCUT2D eigenvalue weighted by Crippen LogP contribution is -2.70. The van der Waals surface area contributed by atoms with Gasteiger partial charge >= 0.3 is 0 Å². The van der Waals surface area contributed by atoms with E-state index in [-0.39, 0.29) is 88.2 Å². The molecule has 70 heavy (non-hydrogen) atoms. The Morgan fingerprint density at radius 1 is 0.857 bits per heavy atom. The molecule has 1 amide bonds. The maximum atomic E-state index is 15.0. The number of nitro benzene ring substituents is 2. The Morgan fingerprint density at radius 2 is 1.60 bits per heavy atom. The van der Waals surface area contributed by atoms with Crippen LogP contribution in [0.4, 0.5) is 11.4 Å². The first kappa shape index (κ1) is 51.1. The number of aliphatic hydroxyl groups excluding tert-OH is 3. The number of amides is 1. The van der Waals surface area contributed by atoms with Crippen molar-refractivity contribution in [2.24, 2.45) is 22.9 Å². The maximum Gasteiger partial charge on any atom is 0.273 e. The molecule has 1 saturated carbocycles. The van der Waals surface area contributed by atoms with E-state index in [1.54, 1.807) is 53.5 Å². The minimum Gasteiger partial charge on any atom is -0.459 e. The van der Waals surface area contributed by atoms with Crippen molar-refractivity contribution < 1.29 is 53.7 Å². The van der Waals surface area contributed by atoms with E-state index < -0.39 is 39.4 Å². The van der Waals surface area contributed by atoms with E-state index in [4.69, 9.17) is 28.9 Å². The van der Waals surface area contributed by atoms with Crippen molar-refractivity contribution in [3.8, 4) is 17.2 Å². The molecule has 0 bridgehead atoms. The summed E-state index contributed by atoms with van der Waals surface area (Å²) in [7, 11) is 0. The Morgan fingerprint density at radius 3 is 2.31 bits per heavy atom. The van der Waals surface area contributed by atoms with Crippen molar-refractivity contribution >= 4 is 29.1 Å². The molecule has 4 aromatic rings. The lowest BCUT2D eigenvalue weighted by atomic mass is 9.55. The first-order chi connectivity index (χ1) is 34.1. The first-order valence-electron chi connectivity index (χ1n) is 23.7. The van der Waals surface area contributed by atoms with Gasteiger partial charge in [-0.2, -0.15) is 0 Å². The van der Waals surface area contributed by atoms with E-state index in [0.717, 1.165) is 29.5 Å². The molecular formula is C53H60N4O13. The molecule has 370 valence electrons. The van der Waals surface area contributed by atoms with Crippen LogP contribution in [0.25, 0.3) is 6.08 Å². The smallest absolute Gasteiger partial charge is 0.273 e. The van der Waals surface area contributed by atoms with Gasteiger partial charge in [0.2, 0.25) is 11.7 Å². The molecule has 1 heterocycles. The molecular weight excluding hydrogens is 901 g/mol. The minimum atomic E-state index is -1.61. The quantitative estimate of drug-likeness (QED) is 0.0176. The monoisotopic (exact) mass is 960 g/mol. The van der Waals surface area contributed by atoms with Crippen molar-refractivity contribution in [3.63, 3.8) is 0 Å². The van der Waals surface area contributed by atoms with Crippen LogP contribution in [0.3, 0.4) is 0 Å². The van der Waals surface area contributed by atoms with Crippen molar-refractivity contribution in [2.45, 2.75) is 69.3 Å². The zero-order chi connectivity index (χ0) is 49.5. The fourth-order valence-corrected chi connectivity index (χ4v) is 9.99. The van der Waals surface area contributed by atoms with Gasteiger partial charge in [0.15, 0.2) is 0 Å². The SMILES string of the molecule is C=CCOC12Oc3ccc(Oc4cccc([N+](=O)[O-])c4)cc3C3C(CCCCO)C(CCCCO)C=C(C(=NOCc4ccccc4)CC1N(CCOCCO)C(=O)C=Cc1ccc([N+](=O)[O-])cc1)C32. The zero-order valence-corrected chi connectivity index (χ0v) is 39.0. The Labute approximate surface area is 406 Å². The molecule has 1 aliphatic heterocycles. The second kappa shape index (κ2) is 24.7. The van der Waals surface area contributed by atoms with E-state index in [9.17, 15) is 40.3 Å². The molecule has 6 atom stereocenters. The molecule has 4 aromatic carbocycles. The topological polar surface area (TPSA) is 226 Å². The number of carbonyl (C=O) groups excluding carboxylic acids is 1. The Hall–Kier alpha value is -6.76. The number of ether oxygens (including phenoxy) is 4. The molecule has 3 N–H and O–H groups in total. The third-order valence-corrected chi connectivity index (χ3v) is 13.1. The van der Waals surface area contributed by atoms with Gasteiger partial charge in [0.25, 0.3) is 11.4 Å². The Bertz CT molecular complexity index is 2520. The standard InChI is InChI=1S/C53H60N4O13/c1-2-29-67-53-49(55(25-30-66-31-28-60)50(61)24-19-37-17-20-40(21-18-37)56(62)63)35-47(54-68-36-38-11-4-3-5-12-38)45-32-39(13-6-8-26-58)44(16-7-9-27-59)51(52(45)53)46-34-43(22-23-48(46)70-53)69-42-15-10-14-41(33-42)57(64)65/h2-5,10-12,14-15,17-24,32-34,39,44,49,51-52,58-60H,1,6-9,13,16,25-31,35-36H2. The normalized spacial score (nSPS) is 21.8. The summed E-state index contributed by atoms with van der Waals surface area (Å²) in [6, 6.07) is 25.9. The average molecular weight is 961 g/mol. The van der Waals surface area contributed by atoms with Gasteiger partial charge in [-0.3, -0.25) is 25.0 Å². The number of oxime groups is 1. The summed E-state index contributed by atoms with van der Waals surface area (Å²) in [6.45, 7) is 4.07. The van der Waals surface area contributed by atoms with Crippen molar-refractivity contribution in [1.29, 1.82) is 0 Å². The summed E-state index contributed by atoms with van der Waals surface area (Å²) in [4.78, 5) is 45.0. The molecule has 6 unspecified atom stereocenters. The van der Waals surface area contributed by atoms with Gasteiger partial charge < -0.3 is 44.0 Å². The molecule has 0 spiro atoms. The molecule has 3 aliphatic rings. The zero-order valence-electron chi connectivity index (χ0n) is 39.0. The van der Waals surface area contributed by atoms with Crippen LogP contribution in [0.1, 0.15) is 67.6 Å². The summed E-state index contributed by atoms with van der Waals surface area (Å²) in [5, 5.41) is 57.7. The maximum absolute atomic E-state index is 15.0. The number of allylic oxidation sites excluding steroid dienone is 1. The van der Waals surface area contributed by atoms with Crippen LogP contribution in [0.15, 0.2) is 133 Å². The van der Waals surface area contributed by atoms with Gasteiger partial charge in [0.05, 0.1) is 54.0 Å². The van der Waals surface area contributed by atoms with Crippen molar-refractivity contribution in [3.05, 3.63) is 164 Å². The summed E-state index contributed by atoms with van der Waals surface area (Å²) < 4.78 is 26.5. The van der Waals surface area contributed by atoms with Crippen LogP contribution >= 0.6 is 0 Å². The lowest BCUT2D eigenvalue weighted by molar-refractivity contribution is -0.385. The van der Waals surface area contributed by atoms with E-state index >= 15 is 0 Å². The van der Waals surface area contributed by atoms with E-state index in [0.29, 0.717) is 48.5 Å². The molecule has 7 rings (SSSR count). The van der Waals surface area contributed by atoms with Crippen molar-refractivity contribution in [1.82, 2.24) is 4.90 Å². The van der Waals surface area contributed by atoms with Crippen molar-refractivity contribution in [2.75, 3.05) is 46.2 Å². The summed E-state index contributed by atoms with van der Waals surface area (Å²) >= 11 is 0. The average Bonchev–Trinajstić information content (AvgIpc) is 3.37. The predicted octanol–water partition coefficient (Wildman–Crippen LogP) is 8.68. The number of rotatable bonds is 26. The number of unbranched alkanes of at least 4 members (excludes halogenated alkanes) is 2. The first-order valence-corrected chi connectivity index (χ1v) is 23.7. The number of carbonyl (C=O) groups is 1. The summed E-state index contributed by atoms with van der Waals surface area (Å²) in [5.41, 5.74) is 3.39. The van der Waals surface area contributed by atoms with Gasteiger partial charge in [0, 0.05) is 61.9 Å². The fourth-order valence-electron chi connectivity index (χ4n) is 9.99. The molecule has 17 heteroatoms. The molecule has 17 nitrogen and oxygen atoms in total. The lowest BCUT2D eigenvalue weighted by Gasteiger charge is -2.60. The number of nitro groups is 2. The van der Waals surface area contributed by atoms with Crippen LogP contribution in [0.5, 0.6) is 17.2 Å². The summed E-state index contributed by atoms with van der Waals surface area (Å²) in [6.07, 6.45) is 10.9. The second-order valence-electron chi connectivity index (χ2n) is 17.4. The van der Waals surface area contributed by atoms with E-state index in [1.165, 1.54) is 30.3 Å². The van der Waals surface area contributed by atoms with E-state index in [1.807, 2.05) is 36.4 Å². The fraction of sp³-hybridized carbons (Fsp3) is 0.396. The largest absolute Gasteiger partial charge is 0.459 e. The molecule has 0 aromatic heterocycles. The number of benzene rings is 4. The van der Waals surface area contributed by atoms with Crippen LogP contribution in [0, 0.1) is 38.0 Å². The van der Waals surface area contributed by atoms with Gasteiger partial charge in [-0.05, 0) is 96.7 Å². The highest BCUT2D eigenvalue weighted by atomic mass is 16.7. The minimum absolute atomic E-state index is 0.00478. The van der Waals surface area contributed by atoms with Gasteiger partial charge in [-0.1, -0.05) is 66.5 Å². The van der Waals surface area contributed by atoms with Crippen LogP contribution < -0.4 is 9.47 Å². The van der Waals surface area contributed by atoms with Crippen LogP contribution in [-0.4, -0.2) is 99.7 Å². The van der Waals surface area contributed by atoms with Gasteiger partial charge in [-0.25, -0.2) is 0 Å². The molecule has 0 radical (unpaired) electrons. The number of nitrogens with zero attached hydrogens (tertiary/aromatic N) is 4. The van der Waals surface area contributed by atoms with E-state index in [2.05, 4.69) is 12.7 Å². The molecule has 2 aliphatic carbocycles. The van der Waals surface area contributed by atoms with Gasteiger partial charge in [-0.15, -0.1) is 6.58 Å². The molecule has 1 fully saturated rings. The number of aliphatic hydroxyl groups is 3. The highest BCUT2D eigenvalue weighted by Gasteiger charge is 2.65. The number of hydrogen-bond donors (Lipinski definition) is 3. The Balaban J connectivity index is 1.43. The van der Waals surface area contributed by atoms with Crippen LogP contribution in [0.2, 0.25) is 0 Å². The number of fused-ring (bicyclic) bond motifs is 2. The number of hydrogen-bond acceptors (Lipinski definition) is 14. The third-order valence-electron chi connectivity index (χ3n) is 13.1. The summed E-state index contributed by atoms with van der Waals surface area (Å²) in [5.74, 6) is -2.15. The second-order valence-corrected chi connectivity index (χ2v) is 17.4. The highest BCUT2D eigenvalue weighted by molar-refractivity contribution is 6.03. The highest BCUT2D eigenvalue weighted by Crippen LogP contribution is 2.62. The third kappa shape index (κ3) is 12.2. The Kier molecular flexibility index (Phi) is 18.0. The molecule has 0 saturated heterocycles.